The second-order valence-electron chi connectivity index (χ2n) is 5.13. The molecule has 2 rings (SSSR count). The molecule has 0 radical (unpaired) electrons. The number of carbonyl (C=O) groups excluding carboxylic acids is 1. The zero-order valence-electron chi connectivity index (χ0n) is 12.1. The summed E-state index contributed by atoms with van der Waals surface area (Å²) in [6.07, 6.45) is -4.56. The molecular formula is C16H15F3N2O. The standard InChI is InChI=1S/C16H15F3N2O/c1-9-5-10(2)7-11(6-9)15(22)21-12-3-4-14(20)13(8-12)16(17,18)19/h3-8H,20H2,1-2H3,(H,21,22). The lowest BCUT2D eigenvalue weighted by Crippen LogP contribution is -2.14. The molecule has 0 spiro atoms. The third-order valence-corrected chi connectivity index (χ3v) is 3.10. The van der Waals surface area contributed by atoms with E-state index in [1.165, 1.54) is 6.07 Å². The highest BCUT2D eigenvalue weighted by Crippen LogP contribution is 2.35. The van der Waals surface area contributed by atoms with Crippen LogP contribution in [0.2, 0.25) is 0 Å². The highest BCUT2D eigenvalue weighted by atomic mass is 19.4. The number of hydrogen-bond donors (Lipinski definition) is 2. The molecule has 1 amide bonds. The first-order valence-electron chi connectivity index (χ1n) is 6.53. The Morgan fingerprint density at radius 3 is 2.18 bits per heavy atom. The summed E-state index contributed by atoms with van der Waals surface area (Å²) in [5.41, 5.74) is 6.22. The smallest absolute Gasteiger partial charge is 0.398 e. The number of alkyl halides is 3. The summed E-state index contributed by atoms with van der Waals surface area (Å²) in [6.45, 7) is 3.68. The van der Waals surface area contributed by atoms with E-state index >= 15 is 0 Å². The molecule has 6 heteroatoms. The maximum absolute atomic E-state index is 12.8. The van der Waals surface area contributed by atoms with Crippen LogP contribution in [-0.4, -0.2) is 5.91 Å². The van der Waals surface area contributed by atoms with Crippen molar-refractivity contribution < 1.29 is 18.0 Å². The van der Waals surface area contributed by atoms with Crippen LogP contribution in [0.5, 0.6) is 0 Å². The second-order valence-corrected chi connectivity index (χ2v) is 5.13. The Kier molecular flexibility index (Phi) is 4.12. The first-order valence-corrected chi connectivity index (χ1v) is 6.53. The number of hydrogen-bond acceptors (Lipinski definition) is 2. The lowest BCUT2D eigenvalue weighted by Gasteiger charge is -2.13. The minimum Gasteiger partial charge on any atom is -0.398 e. The molecule has 3 N–H and O–H groups in total. The lowest BCUT2D eigenvalue weighted by molar-refractivity contribution is -0.136. The molecular weight excluding hydrogens is 293 g/mol. The topological polar surface area (TPSA) is 55.1 Å². The molecule has 0 fully saturated rings. The van der Waals surface area contributed by atoms with Crippen LogP contribution >= 0.6 is 0 Å². The van der Waals surface area contributed by atoms with Crippen molar-refractivity contribution in [3.8, 4) is 0 Å². The number of anilines is 2. The molecule has 0 aliphatic heterocycles. The van der Waals surface area contributed by atoms with Crippen LogP contribution in [0.1, 0.15) is 27.0 Å². The van der Waals surface area contributed by atoms with Gasteiger partial charge in [0.05, 0.1) is 5.56 Å². The largest absolute Gasteiger partial charge is 0.418 e. The van der Waals surface area contributed by atoms with E-state index < -0.39 is 17.6 Å². The van der Waals surface area contributed by atoms with Gasteiger partial charge in [0, 0.05) is 16.9 Å². The van der Waals surface area contributed by atoms with E-state index in [4.69, 9.17) is 5.73 Å². The van der Waals surface area contributed by atoms with Crippen molar-refractivity contribution in [3.05, 3.63) is 58.7 Å². The fourth-order valence-electron chi connectivity index (χ4n) is 2.19. The number of nitrogens with two attached hydrogens (primary N) is 1. The van der Waals surface area contributed by atoms with Crippen LogP contribution < -0.4 is 11.1 Å². The number of benzene rings is 2. The highest BCUT2D eigenvalue weighted by molar-refractivity contribution is 6.04. The van der Waals surface area contributed by atoms with E-state index in [1.807, 2.05) is 19.9 Å². The van der Waals surface area contributed by atoms with E-state index in [9.17, 15) is 18.0 Å². The van der Waals surface area contributed by atoms with E-state index in [2.05, 4.69) is 5.32 Å². The summed E-state index contributed by atoms with van der Waals surface area (Å²) >= 11 is 0. The van der Waals surface area contributed by atoms with Gasteiger partial charge in [-0.2, -0.15) is 13.2 Å². The Morgan fingerprint density at radius 2 is 1.64 bits per heavy atom. The number of halogens is 3. The Bertz CT molecular complexity index is 704. The SMILES string of the molecule is Cc1cc(C)cc(C(=O)Nc2ccc(N)c(C(F)(F)F)c2)c1. The number of amides is 1. The Labute approximate surface area is 125 Å². The van der Waals surface area contributed by atoms with Crippen molar-refractivity contribution in [3.63, 3.8) is 0 Å². The van der Waals surface area contributed by atoms with Crippen LogP contribution in [-0.2, 0) is 6.18 Å². The van der Waals surface area contributed by atoms with Crippen LogP contribution in [0.3, 0.4) is 0 Å². The fraction of sp³-hybridized carbons (Fsp3) is 0.188. The van der Waals surface area contributed by atoms with Crippen LogP contribution in [0.25, 0.3) is 0 Å². The summed E-state index contributed by atoms with van der Waals surface area (Å²) in [5.74, 6) is -0.468. The van der Waals surface area contributed by atoms with Gasteiger partial charge in [0.15, 0.2) is 0 Å². The number of carbonyl (C=O) groups is 1. The summed E-state index contributed by atoms with van der Waals surface area (Å²) < 4.78 is 38.4. The van der Waals surface area contributed by atoms with E-state index in [0.29, 0.717) is 5.56 Å². The quantitative estimate of drug-likeness (QED) is 0.819. The Balaban J connectivity index is 2.29. The highest BCUT2D eigenvalue weighted by Gasteiger charge is 2.33. The molecule has 0 unspecified atom stereocenters. The summed E-state index contributed by atoms with van der Waals surface area (Å²) in [6, 6.07) is 8.54. The van der Waals surface area contributed by atoms with Crippen molar-refractivity contribution in [2.75, 3.05) is 11.1 Å². The van der Waals surface area contributed by atoms with Gasteiger partial charge in [-0.3, -0.25) is 4.79 Å². The molecule has 0 bridgehead atoms. The van der Waals surface area contributed by atoms with Crippen molar-refractivity contribution in [2.24, 2.45) is 0 Å². The van der Waals surface area contributed by atoms with Gasteiger partial charge in [-0.25, -0.2) is 0 Å². The average Bonchev–Trinajstić information content (AvgIpc) is 2.38. The number of nitrogen functional groups attached to an aromatic ring is 1. The number of nitrogens with one attached hydrogen (secondary N) is 1. The molecule has 3 nitrogen and oxygen atoms in total. The van der Waals surface area contributed by atoms with E-state index in [1.54, 1.807) is 12.1 Å². The first kappa shape index (κ1) is 15.9. The predicted molar refractivity (Wildman–Crippen MR) is 79.7 cm³/mol. The van der Waals surface area contributed by atoms with Gasteiger partial charge in [0.2, 0.25) is 0 Å². The molecule has 0 atom stereocenters. The van der Waals surface area contributed by atoms with Crippen LogP contribution in [0.4, 0.5) is 24.5 Å². The van der Waals surface area contributed by atoms with Gasteiger partial charge >= 0.3 is 6.18 Å². The van der Waals surface area contributed by atoms with Crippen molar-refractivity contribution in [1.29, 1.82) is 0 Å². The maximum Gasteiger partial charge on any atom is 0.418 e. The Morgan fingerprint density at radius 1 is 1.05 bits per heavy atom. The molecule has 22 heavy (non-hydrogen) atoms. The van der Waals surface area contributed by atoms with Crippen molar-refractivity contribution >= 4 is 17.3 Å². The summed E-state index contributed by atoms with van der Waals surface area (Å²) in [7, 11) is 0. The van der Waals surface area contributed by atoms with Crippen LogP contribution in [0, 0.1) is 13.8 Å². The zero-order chi connectivity index (χ0) is 16.5. The monoisotopic (exact) mass is 308 g/mol. The lowest BCUT2D eigenvalue weighted by atomic mass is 10.1. The van der Waals surface area contributed by atoms with Gasteiger partial charge in [-0.05, 0) is 44.2 Å². The van der Waals surface area contributed by atoms with E-state index in [-0.39, 0.29) is 11.4 Å². The minimum absolute atomic E-state index is 0.0469. The Hall–Kier alpha value is -2.50. The predicted octanol–water partition coefficient (Wildman–Crippen LogP) is 4.16. The molecule has 0 aromatic heterocycles. The molecule has 116 valence electrons. The normalized spacial score (nSPS) is 11.3. The van der Waals surface area contributed by atoms with Crippen molar-refractivity contribution in [1.82, 2.24) is 0 Å². The van der Waals surface area contributed by atoms with Gasteiger partial charge in [0.25, 0.3) is 5.91 Å². The second kappa shape index (κ2) is 5.71. The molecule has 0 saturated carbocycles. The van der Waals surface area contributed by atoms with Crippen molar-refractivity contribution in [2.45, 2.75) is 20.0 Å². The molecule has 0 saturated heterocycles. The van der Waals surface area contributed by atoms with Crippen LogP contribution in [0.15, 0.2) is 36.4 Å². The fourth-order valence-corrected chi connectivity index (χ4v) is 2.19. The number of rotatable bonds is 2. The number of aryl methyl sites for hydroxylation is 2. The van der Waals surface area contributed by atoms with E-state index in [0.717, 1.165) is 23.3 Å². The van der Waals surface area contributed by atoms with Gasteiger partial charge in [-0.1, -0.05) is 17.2 Å². The van der Waals surface area contributed by atoms with Gasteiger partial charge < -0.3 is 11.1 Å². The third-order valence-electron chi connectivity index (χ3n) is 3.10. The van der Waals surface area contributed by atoms with Gasteiger partial charge in [0.1, 0.15) is 0 Å². The maximum atomic E-state index is 12.8. The zero-order valence-corrected chi connectivity index (χ0v) is 12.1. The molecule has 0 aliphatic carbocycles. The van der Waals surface area contributed by atoms with Gasteiger partial charge in [-0.15, -0.1) is 0 Å². The first-order chi connectivity index (χ1) is 10.2. The summed E-state index contributed by atoms with van der Waals surface area (Å²) in [5, 5.41) is 2.46. The summed E-state index contributed by atoms with van der Waals surface area (Å²) in [4.78, 5) is 12.1. The molecule has 0 aliphatic rings. The third kappa shape index (κ3) is 3.58. The average molecular weight is 308 g/mol. The molecule has 2 aromatic carbocycles. The molecule has 0 heterocycles. The molecule has 2 aromatic rings. The minimum atomic E-state index is -4.56.